The minimum absolute atomic E-state index is 0.189. The molecule has 0 bridgehead atoms. The number of hydrogen-bond acceptors (Lipinski definition) is 6. The number of aryl methyl sites for hydroxylation is 1. The summed E-state index contributed by atoms with van der Waals surface area (Å²) in [6, 6.07) is 21.1. The highest BCUT2D eigenvalue weighted by atomic mass is 16.5. The van der Waals surface area contributed by atoms with Crippen molar-refractivity contribution in [3.63, 3.8) is 0 Å². The maximum atomic E-state index is 13.5. The topological polar surface area (TPSA) is 124 Å². The van der Waals surface area contributed by atoms with Crippen LogP contribution in [0.5, 0.6) is 5.75 Å². The molecule has 47 heavy (non-hydrogen) atoms. The summed E-state index contributed by atoms with van der Waals surface area (Å²) in [5, 5.41) is 28.6. The molecule has 2 aliphatic rings. The molecule has 6 rings (SSSR count). The van der Waals surface area contributed by atoms with E-state index in [1.165, 1.54) is 0 Å². The molecular weight excluding hydrogens is 588 g/mol. The zero-order valence-corrected chi connectivity index (χ0v) is 28.2. The van der Waals surface area contributed by atoms with E-state index in [0.29, 0.717) is 30.2 Å². The predicted octanol–water partition coefficient (Wildman–Crippen LogP) is 6.85. The van der Waals surface area contributed by atoms with Gasteiger partial charge in [0.05, 0.1) is 29.2 Å². The first-order chi connectivity index (χ1) is 22.3. The first kappa shape index (κ1) is 32.2. The number of fused-ring (bicyclic) bond motifs is 1. The summed E-state index contributed by atoms with van der Waals surface area (Å²) in [5.74, 6) is 1.60. The Morgan fingerprint density at radius 3 is 2.45 bits per heavy atom. The first-order valence-corrected chi connectivity index (χ1v) is 16.4. The molecule has 1 aliphatic carbocycles. The van der Waals surface area contributed by atoms with Crippen molar-refractivity contribution in [3.05, 3.63) is 101 Å². The Morgan fingerprint density at radius 1 is 1.04 bits per heavy atom. The van der Waals surface area contributed by atoms with Crippen LogP contribution in [0.1, 0.15) is 87.9 Å². The Morgan fingerprint density at radius 2 is 1.77 bits per heavy atom. The van der Waals surface area contributed by atoms with Gasteiger partial charge < -0.3 is 10.1 Å². The molecule has 3 atom stereocenters. The van der Waals surface area contributed by atoms with Crippen molar-refractivity contribution in [2.24, 2.45) is 0 Å². The van der Waals surface area contributed by atoms with Crippen molar-refractivity contribution in [3.8, 4) is 11.4 Å². The van der Waals surface area contributed by atoms with Crippen LogP contribution in [0.15, 0.2) is 72.9 Å². The molecule has 3 heterocycles. The Kier molecular flexibility index (Phi) is 8.57. The lowest BCUT2D eigenvalue weighted by molar-refractivity contribution is 0.171. The normalized spacial score (nSPS) is 21.2. The van der Waals surface area contributed by atoms with Gasteiger partial charge in [-0.1, -0.05) is 62.7 Å². The SMILES string of the molecule is Cc1ccc(-n2nc(C(C)(C)C)cc2NC(=O)NC2CCC(Oc3ccc(=N)n(C(=N)C4(C)CCCN4C)c3)c3ccccc32)cc1. The minimum Gasteiger partial charge on any atom is -0.484 e. The van der Waals surface area contributed by atoms with Crippen LogP contribution in [0.2, 0.25) is 0 Å². The van der Waals surface area contributed by atoms with Crippen molar-refractivity contribution in [2.45, 2.75) is 83.4 Å². The average molecular weight is 635 g/mol. The van der Waals surface area contributed by atoms with Gasteiger partial charge in [-0.15, -0.1) is 0 Å². The number of pyridine rings is 1. The number of aromatic nitrogens is 3. The second kappa shape index (κ2) is 12.5. The summed E-state index contributed by atoms with van der Waals surface area (Å²) in [6.45, 7) is 11.4. The second-order valence-electron chi connectivity index (χ2n) is 14.1. The van der Waals surface area contributed by atoms with E-state index >= 15 is 0 Å². The van der Waals surface area contributed by atoms with Gasteiger partial charge in [0.15, 0.2) is 0 Å². The zero-order chi connectivity index (χ0) is 33.5. The van der Waals surface area contributed by atoms with Gasteiger partial charge in [-0.05, 0) is 88.5 Å². The molecule has 0 saturated carbocycles. The van der Waals surface area contributed by atoms with Gasteiger partial charge in [-0.2, -0.15) is 5.10 Å². The third-order valence-electron chi connectivity index (χ3n) is 9.69. The summed E-state index contributed by atoms with van der Waals surface area (Å²) >= 11 is 0. The highest BCUT2D eigenvalue weighted by Crippen LogP contribution is 2.39. The summed E-state index contributed by atoms with van der Waals surface area (Å²) in [5.41, 5.74) is 4.58. The van der Waals surface area contributed by atoms with Crippen LogP contribution in [0.4, 0.5) is 10.6 Å². The van der Waals surface area contributed by atoms with Crippen molar-refractivity contribution in [2.75, 3.05) is 18.9 Å². The largest absolute Gasteiger partial charge is 0.484 e. The number of amides is 2. The number of hydrogen-bond donors (Lipinski definition) is 4. The van der Waals surface area contributed by atoms with E-state index in [9.17, 15) is 4.79 Å². The molecule has 246 valence electrons. The van der Waals surface area contributed by atoms with E-state index in [1.807, 2.05) is 62.5 Å². The fourth-order valence-electron chi connectivity index (χ4n) is 6.61. The summed E-state index contributed by atoms with van der Waals surface area (Å²) in [7, 11) is 2.04. The number of urea groups is 1. The zero-order valence-electron chi connectivity index (χ0n) is 28.2. The molecule has 3 unspecified atom stereocenters. The Hall–Kier alpha value is -4.70. The Labute approximate surface area is 276 Å². The van der Waals surface area contributed by atoms with E-state index in [-0.39, 0.29) is 29.1 Å². The van der Waals surface area contributed by atoms with Gasteiger partial charge in [0.2, 0.25) is 0 Å². The Bertz CT molecular complexity index is 1850. The fourth-order valence-corrected chi connectivity index (χ4v) is 6.61. The molecule has 2 aromatic heterocycles. The minimum atomic E-state index is -0.428. The number of carbonyl (C=O) groups is 1. The molecule has 0 radical (unpaired) electrons. The lowest BCUT2D eigenvalue weighted by atomic mass is 9.85. The number of ether oxygens (including phenoxy) is 1. The Balaban J connectivity index is 1.20. The molecule has 4 aromatic rings. The smallest absolute Gasteiger partial charge is 0.320 e. The second-order valence-corrected chi connectivity index (χ2v) is 14.1. The van der Waals surface area contributed by atoms with Gasteiger partial charge in [0.1, 0.15) is 29.0 Å². The number of rotatable bonds is 6. The van der Waals surface area contributed by atoms with Crippen molar-refractivity contribution < 1.29 is 9.53 Å². The standard InChI is InChI=1S/C37H46N8O2/c1-24-12-14-25(15-13-24)45-33(22-31(42-45)36(2,3)4)41-35(46)40-29-17-18-30(28-11-8-7-10-27(28)29)47-26-16-19-32(38)44(23-26)34(39)37(5)20-9-21-43(37)6/h7-8,10-16,19,22-23,29-30,38-39H,9,17-18,20-21H2,1-6H3,(H2,40,41,46). The van der Waals surface area contributed by atoms with Gasteiger partial charge in [-0.3, -0.25) is 25.6 Å². The molecule has 10 nitrogen and oxygen atoms in total. The molecule has 0 spiro atoms. The van der Waals surface area contributed by atoms with Crippen LogP contribution in [0, 0.1) is 17.7 Å². The van der Waals surface area contributed by atoms with Crippen LogP contribution < -0.4 is 20.9 Å². The quantitative estimate of drug-likeness (QED) is 0.137. The van der Waals surface area contributed by atoms with Gasteiger partial charge in [-0.25, -0.2) is 9.48 Å². The van der Waals surface area contributed by atoms with E-state index in [2.05, 4.69) is 49.3 Å². The summed E-state index contributed by atoms with van der Waals surface area (Å²) in [6.07, 6.45) is 4.83. The van der Waals surface area contributed by atoms with Crippen LogP contribution in [0.3, 0.4) is 0 Å². The van der Waals surface area contributed by atoms with Crippen molar-refractivity contribution in [1.82, 2.24) is 24.6 Å². The van der Waals surface area contributed by atoms with Crippen LogP contribution in [0.25, 0.3) is 5.69 Å². The molecule has 1 saturated heterocycles. The molecule has 1 aliphatic heterocycles. The van der Waals surface area contributed by atoms with E-state index in [4.69, 9.17) is 20.7 Å². The lowest BCUT2D eigenvalue weighted by Crippen LogP contribution is -2.50. The third-order valence-corrected chi connectivity index (χ3v) is 9.69. The number of likely N-dealkylation sites (tertiary alicyclic amines) is 1. The lowest BCUT2D eigenvalue weighted by Gasteiger charge is -2.34. The van der Waals surface area contributed by atoms with Crippen LogP contribution >= 0.6 is 0 Å². The number of likely N-dealkylation sites (N-methyl/N-ethyl adjacent to an activating group) is 1. The number of anilines is 1. The number of benzene rings is 2. The average Bonchev–Trinajstić information content (AvgIpc) is 3.62. The monoisotopic (exact) mass is 634 g/mol. The maximum Gasteiger partial charge on any atom is 0.320 e. The van der Waals surface area contributed by atoms with Gasteiger partial charge in [0, 0.05) is 11.5 Å². The van der Waals surface area contributed by atoms with E-state index < -0.39 is 5.54 Å². The number of nitrogens with one attached hydrogen (secondary N) is 4. The molecule has 2 amide bonds. The molecular formula is C37H46N8O2. The van der Waals surface area contributed by atoms with Crippen molar-refractivity contribution >= 4 is 17.7 Å². The van der Waals surface area contributed by atoms with E-state index in [0.717, 1.165) is 47.5 Å². The number of carbonyl (C=O) groups excluding carboxylic acids is 1. The predicted molar refractivity (Wildman–Crippen MR) is 185 cm³/mol. The van der Waals surface area contributed by atoms with Gasteiger partial charge in [0.25, 0.3) is 0 Å². The summed E-state index contributed by atoms with van der Waals surface area (Å²) in [4.78, 5) is 15.7. The molecule has 1 fully saturated rings. The summed E-state index contributed by atoms with van der Waals surface area (Å²) < 4.78 is 9.97. The molecule has 4 N–H and O–H groups in total. The van der Waals surface area contributed by atoms with E-state index in [1.54, 1.807) is 27.6 Å². The fraction of sp³-hybridized carbons (Fsp3) is 0.405. The highest BCUT2D eigenvalue weighted by molar-refractivity contribution is 5.91. The molecule has 10 heteroatoms. The van der Waals surface area contributed by atoms with Crippen LogP contribution in [-0.2, 0) is 5.41 Å². The first-order valence-electron chi connectivity index (χ1n) is 16.4. The number of nitrogens with zero attached hydrogens (tertiary/aromatic N) is 4. The van der Waals surface area contributed by atoms with Gasteiger partial charge >= 0.3 is 6.03 Å². The highest BCUT2D eigenvalue weighted by Gasteiger charge is 2.39. The maximum absolute atomic E-state index is 13.5. The third kappa shape index (κ3) is 6.47. The van der Waals surface area contributed by atoms with Crippen molar-refractivity contribution in [1.29, 1.82) is 10.8 Å². The van der Waals surface area contributed by atoms with Crippen LogP contribution in [-0.4, -0.2) is 50.2 Å². The molecule has 2 aromatic carbocycles.